The van der Waals surface area contributed by atoms with E-state index in [1.807, 2.05) is 0 Å². The minimum Gasteiger partial charge on any atom is -0.378 e. The zero-order valence-corrected chi connectivity index (χ0v) is 10.2. The van der Waals surface area contributed by atoms with Gasteiger partial charge in [0, 0.05) is 6.61 Å². The third kappa shape index (κ3) is 3.48. The first-order valence-corrected chi connectivity index (χ1v) is 7.00. The van der Waals surface area contributed by atoms with Crippen molar-refractivity contribution in [3.63, 3.8) is 0 Å². The molecule has 0 aromatic rings. The summed E-state index contributed by atoms with van der Waals surface area (Å²) >= 11 is 0. The highest BCUT2D eigenvalue weighted by Crippen LogP contribution is 2.33. The molecule has 1 heteroatoms. The molecule has 0 saturated heterocycles. The zero-order valence-electron chi connectivity index (χ0n) is 10.2. The van der Waals surface area contributed by atoms with E-state index in [4.69, 9.17) is 4.74 Å². The van der Waals surface area contributed by atoms with Crippen molar-refractivity contribution in [1.82, 2.24) is 0 Å². The van der Waals surface area contributed by atoms with Gasteiger partial charge in [0.15, 0.2) is 0 Å². The minimum absolute atomic E-state index is 0.611. The summed E-state index contributed by atoms with van der Waals surface area (Å²) in [7, 11) is 0. The molecule has 1 nitrogen and oxygen atoms in total. The van der Waals surface area contributed by atoms with Gasteiger partial charge in [0.25, 0.3) is 0 Å². The molecule has 0 aromatic heterocycles. The number of hydrogen-bond acceptors (Lipinski definition) is 1. The first-order chi connectivity index (χ1) is 7.38. The molecule has 0 aliphatic heterocycles. The molecule has 2 unspecified atom stereocenters. The molecule has 2 rings (SSSR count). The van der Waals surface area contributed by atoms with Crippen LogP contribution in [0.4, 0.5) is 0 Å². The van der Waals surface area contributed by atoms with Gasteiger partial charge in [-0.3, -0.25) is 0 Å². The Kier molecular flexibility index (Phi) is 4.49. The fourth-order valence-electron chi connectivity index (χ4n) is 3.20. The molecule has 2 saturated carbocycles. The predicted molar refractivity (Wildman–Crippen MR) is 63.9 cm³/mol. The lowest BCUT2D eigenvalue weighted by Gasteiger charge is -2.23. The summed E-state index contributed by atoms with van der Waals surface area (Å²) in [6.45, 7) is 3.39. The standard InChI is InChI=1S/C14H26O/c1-2-12-8-9-13(10-12)11-15-14-6-4-3-5-7-14/h12-14H,2-11H2,1H3. The van der Waals surface area contributed by atoms with Crippen LogP contribution >= 0.6 is 0 Å². The summed E-state index contributed by atoms with van der Waals surface area (Å²) in [6.07, 6.45) is 13.2. The summed E-state index contributed by atoms with van der Waals surface area (Å²) in [5, 5.41) is 0. The second kappa shape index (κ2) is 5.89. The molecule has 0 aromatic carbocycles. The lowest BCUT2D eigenvalue weighted by atomic mass is 9.97. The van der Waals surface area contributed by atoms with E-state index in [1.54, 1.807) is 0 Å². The molecular weight excluding hydrogens is 184 g/mol. The van der Waals surface area contributed by atoms with E-state index >= 15 is 0 Å². The fraction of sp³-hybridized carbons (Fsp3) is 1.00. The smallest absolute Gasteiger partial charge is 0.0575 e. The summed E-state index contributed by atoms with van der Waals surface area (Å²) in [6, 6.07) is 0. The number of ether oxygens (including phenoxy) is 1. The van der Waals surface area contributed by atoms with Crippen LogP contribution in [-0.2, 0) is 4.74 Å². The maximum atomic E-state index is 6.06. The van der Waals surface area contributed by atoms with Gasteiger partial charge in [-0.05, 0) is 37.5 Å². The molecule has 0 bridgehead atoms. The van der Waals surface area contributed by atoms with Crippen molar-refractivity contribution in [2.24, 2.45) is 11.8 Å². The van der Waals surface area contributed by atoms with Crippen molar-refractivity contribution in [3.05, 3.63) is 0 Å². The Bertz CT molecular complexity index is 172. The Balaban J connectivity index is 1.61. The molecule has 0 heterocycles. The first kappa shape index (κ1) is 11.4. The van der Waals surface area contributed by atoms with Crippen LogP contribution in [0.2, 0.25) is 0 Å². The fourth-order valence-corrected chi connectivity index (χ4v) is 3.20. The van der Waals surface area contributed by atoms with Gasteiger partial charge in [0.2, 0.25) is 0 Å². The van der Waals surface area contributed by atoms with E-state index in [2.05, 4.69) is 6.92 Å². The quantitative estimate of drug-likeness (QED) is 0.677. The van der Waals surface area contributed by atoms with Crippen LogP contribution in [0.25, 0.3) is 0 Å². The lowest BCUT2D eigenvalue weighted by Crippen LogP contribution is -2.20. The summed E-state index contributed by atoms with van der Waals surface area (Å²) < 4.78 is 6.06. The molecule has 0 N–H and O–H groups in total. The van der Waals surface area contributed by atoms with Gasteiger partial charge in [0.1, 0.15) is 0 Å². The van der Waals surface area contributed by atoms with Crippen molar-refractivity contribution in [2.75, 3.05) is 6.61 Å². The van der Waals surface area contributed by atoms with E-state index in [1.165, 1.54) is 57.8 Å². The van der Waals surface area contributed by atoms with E-state index in [0.717, 1.165) is 18.4 Å². The Morgan fingerprint density at radius 1 is 0.933 bits per heavy atom. The maximum Gasteiger partial charge on any atom is 0.0575 e. The third-order valence-electron chi connectivity index (χ3n) is 4.35. The average molecular weight is 210 g/mol. The van der Waals surface area contributed by atoms with Crippen LogP contribution in [0, 0.1) is 11.8 Å². The molecule has 2 aliphatic carbocycles. The lowest BCUT2D eigenvalue weighted by molar-refractivity contribution is 0.00828. The third-order valence-corrected chi connectivity index (χ3v) is 4.35. The Morgan fingerprint density at radius 3 is 2.33 bits per heavy atom. The van der Waals surface area contributed by atoms with Crippen LogP contribution in [0.5, 0.6) is 0 Å². The van der Waals surface area contributed by atoms with Crippen molar-refractivity contribution >= 4 is 0 Å². The summed E-state index contributed by atoms with van der Waals surface area (Å²) in [5.41, 5.74) is 0. The van der Waals surface area contributed by atoms with Gasteiger partial charge in [-0.1, -0.05) is 39.0 Å². The molecule has 15 heavy (non-hydrogen) atoms. The maximum absolute atomic E-state index is 6.06. The molecule has 88 valence electrons. The first-order valence-electron chi connectivity index (χ1n) is 7.00. The molecule has 2 atom stereocenters. The molecule has 0 spiro atoms. The van der Waals surface area contributed by atoms with E-state index < -0.39 is 0 Å². The second-order valence-electron chi connectivity index (χ2n) is 5.55. The highest BCUT2D eigenvalue weighted by atomic mass is 16.5. The normalized spacial score (nSPS) is 33.4. The SMILES string of the molecule is CCC1CCC(COC2CCCCC2)C1. The molecule has 0 amide bonds. The molecule has 2 fully saturated rings. The van der Waals surface area contributed by atoms with Crippen molar-refractivity contribution in [3.8, 4) is 0 Å². The van der Waals surface area contributed by atoms with E-state index in [-0.39, 0.29) is 0 Å². The van der Waals surface area contributed by atoms with Crippen LogP contribution in [0.1, 0.15) is 64.7 Å². The van der Waals surface area contributed by atoms with Crippen molar-refractivity contribution in [2.45, 2.75) is 70.8 Å². The summed E-state index contributed by atoms with van der Waals surface area (Å²) in [4.78, 5) is 0. The van der Waals surface area contributed by atoms with Crippen LogP contribution in [0.15, 0.2) is 0 Å². The highest BCUT2D eigenvalue weighted by Gasteiger charge is 2.24. The molecular formula is C14H26O. The van der Waals surface area contributed by atoms with Crippen molar-refractivity contribution < 1.29 is 4.74 Å². The monoisotopic (exact) mass is 210 g/mol. The molecule has 2 aliphatic rings. The Morgan fingerprint density at radius 2 is 1.67 bits per heavy atom. The minimum atomic E-state index is 0.611. The van der Waals surface area contributed by atoms with E-state index in [0.29, 0.717) is 6.10 Å². The average Bonchev–Trinajstić information content (AvgIpc) is 2.76. The molecule has 0 radical (unpaired) electrons. The van der Waals surface area contributed by atoms with Crippen LogP contribution in [0.3, 0.4) is 0 Å². The zero-order chi connectivity index (χ0) is 10.5. The predicted octanol–water partition coefficient (Wildman–Crippen LogP) is 4.16. The Hall–Kier alpha value is -0.0400. The number of rotatable bonds is 4. The second-order valence-corrected chi connectivity index (χ2v) is 5.55. The van der Waals surface area contributed by atoms with Gasteiger partial charge < -0.3 is 4.74 Å². The summed E-state index contributed by atoms with van der Waals surface area (Å²) in [5.74, 6) is 1.89. The largest absolute Gasteiger partial charge is 0.378 e. The van der Waals surface area contributed by atoms with Crippen LogP contribution < -0.4 is 0 Å². The van der Waals surface area contributed by atoms with E-state index in [9.17, 15) is 0 Å². The van der Waals surface area contributed by atoms with Gasteiger partial charge in [-0.2, -0.15) is 0 Å². The van der Waals surface area contributed by atoms with Gasteiger partial charge in [-0.15, -0.1) is 0 Å². The number of hydrogen-bond donors (Lipinski definition) is 0. The topological polar surface area (TPSA) is 9.23 Å². The van der Waals surface area contributed by atoms with Crippen LogP contribution in [-0.4, -0.2) is 12.7 Å². The highest BCUT2D eigenvalue weighted by molar-refractivity contribution is 4.75. The van der Waals surface area contributed by atoms with Gasteiger partial charge in [0.05, 0.1) is 6.10 Å². The van der Waals surface area contributed by atoms with Gasteiger partial charge in [-0.25, -0.2) is 0 Å². The van der Waals surface area contributed by atoms with Gasteiger partial charge >= 0.3 is 0 Å². The Labute approximate surface area is 94.6 Å². The van der Waals surface area contributed by atoms with Crippen molar-refractivity contribution in [1.29, 1.82) is 0 Å².